The van der Waals surface area contributed by atoms with Crippen LogP contribution in [0.1, 0.15) is 26.7 Å². The van der Waals surface area contributed by atoms with Crippen molar-refractivity contribution in [2.24, 2.45) is 11.0 Å². The third-order valence-electron chi connectivity index (χ3n) is 4.83. The SMILES string of the molecule is C=C(/C=c1/oc(-c2ccc(N(C)C)cc2)n/c1=C/C)C1=NNC(=O)C[C@H]1CC. The zero-order valence-corrected chi connectivity index (χ0v) is 16.8. The van der Waals surface area contributed by atoms with Crippen LogP contribution in [-0.4, -0.2) is 30.7 Å². The fourth-order valence-electron chi connectivity index (χ4n) is 3.16. The molecule has 2 aromatic rings. The minimum atomic E-state index is -0.0610. The van der Waals surface area contributed by atoms with Crippen LogP contribution in [0.15, 0.2) is 45.9 Å². The van der Waals surface area contributed by atoms with Crippen LogP contribution in [-0.2, 0) is 4.79 Å². The summed E-state index contributed by atoms with van der Waals surface area (Å²) < 4.78 is 6.03. The molecule has 146 valence electrons. The molecule has 0 aliphatic carbocycles. The normalized spacial score (nSPS) is 18.1. The molecule has 0 radical (unpaired) electrons. The number of carbonyl (C=O) groups is 1. The Morgan fingerprint density at radius 2 is 2.07 bits per heavy atom. The van der Waals surface area contributed by atoms with Crippen molar-refractivity contribution >= 4 is 29.5 Å². The topological polar surface area (TPSA) is 70.7 Å². The van der Waals surface area contributed by atoms with Crippen LogP contribution in [0, 0.1) is 5.92 Å². The van der Waals surface area contributed by atoms with E-state index < -0.39 is 0 Å². The minimum Gasteiger partial charge on any atom is -0.436 e. The largest absolute Gasteiger partial charge is 0.436 e. The van der Waals surface area contributed by atoms with Gasteiger partial charge in [-0.05, 0) is 49.3 Å². The molecular formula is C22H26N4O2. The standard InChI is InChI=1S/C22H26N4O2/c1-6-15-13-20(27)24-25-21(15)14(3)12-19-18(7-2)23-22(28-19)16-8-10-17(11-9-16)26(4)5/h7-12,15H,3,6,13H2,1-2,4-5H3,(H,24,27)/b18-7+,19-12+/t15-/m1/s1. The lowest BCUT2D eigenvalue weighted by Crippen LogP contribution is -2.33. The summed E-state index contributed by atoms with van der Waals surface area (Å²) in [5, 5.41) is 4.97. The number of anilines is 1. The third kappa shape index (κ3) is 4.06. The summed E-state index contributed by atoms with van der Waals surface area (Å²) in [6.45, 7) is 8.10. The molecule has 0 saturated carbocycles. The predicted molar refractivity (Wildman–Crippen MR) is 113 cm³/mol. The fourth-order valence-corrected chi connectivity index (χ4v) is 3.16. The van der Waals surface area contributed by atoms with Gasteiger partial charge >= 0.3 is 0 Å². The second-order valence-electron chi connectivity index (χ2n) is 7.01. The zero-order chi connectivity index (χ0) is 20.3. The molecule has 0 spiro atoms. The van der Waals surface area contributed by atoms with Gasteiger partial charge in [0.15, 0.2) is 5.42 Å². The van der Waals surface area contributed by atoms with Crippen molar-refractivity contribution in [3.05, 3.63) is 47.2 Å². The molecule has 3 rings (SSSR count). The Bertz CT molecular complexity index is 1030. The van der Waals surface area contributed by atoms with Gasteiger partial charge in [-0.15, -0.1) is 0 Å². The van der Waals surface area contributed by atoms with Crippen LogP contribution in [0.4, 0.5) is 5.69 Å². The number of benzene rings is 1. The van der Waals surface area contributed by atoms with Crippen molar-refractivity contribution in [1.29, 1.82) is 0 Å². The van der Waals surface area contributed by atoms with E-state index in [0.717, 1.165) is 34.3 Å². The number of nitrogens with one attached hydrogen (secondary N) is 1. The summed E-state index contributed by atoms with van der Waals surface area (Å²) in [5.74, 6) is 0.560. The molecule has 1 amide bonds. The summed E-state index contributed by atoms with van der Waals surface area (Å²) in [4.78, 5) is 18.2. The lowest BCUT2D eigenvalue weighted by Gasteiger charge is -2.21. The van der Waals surface area contributed by atoms with E-state index in [-0.39, 0.29) is 11.8 Å². The smallest absolute Gasteiger partial charge is 0.240 e. The summed E-state index contributed by atoms with van der Waals surface area (Å²) in [6, 6.07) is 8.05. The first-order valence-corrected chi connectivity index (χ1v) is 9.41. The summed E-state index contributed by atoms with van der Waals surface area (Å²) >= 11 is 0. The van der Waals surface area contributed by atoms with Crippen molar-refractivity contribution < 1.29 is 9.21 Å². The number of rotatable bonds is 5. The van der Waals surface area contributed by atoms with Gasteiger partial charge in [-0.25, -0.2) is 10.4 Å². The average molecular weight is 378 g/mol. The number of aromatic nitrogens is 1. The molecule has 6 heteroatoms. The Kier molecular flexibility index (Phi) is 5.78. The first-order valence-electron chi connectivity index (χ1n) is 9.41. The van der Waals surface area contributed by atoms with Gasteiger partial charge in [0.25, 0.3) is 0 Å². The summed E-state index contributed by atoms with van der Waals surface area (Å²) in [6.07, 6.45) is 5.00. The fraction of sp³-hybridized carbons (Fsp3) is 0.318. The average Bonchev–Trinajstić information content (AvgIpc) is 3.10. The maximum Gasteiger partial charge on any atom is 0.240 e. The van der Waals surface area contributed by atoms with Gasteiger partial charge < -0.3 is 9.32 Å². The number of oxazole rings is 1. The molecule has 0 fully saturated rings. The van der Waals surface area contributed by atoms with E-state index in [1.165, 1.54) is 0 Å². The molecule has 1 aromatic heterocycles. The van der Waals surface area contributed by atoms with E-state index in [2.05, 4.69) is 22.1 Å². The van der Waals surface area contributed by atoms with E-state index in [1.807, 2.05) is 69.3 Å². The molecule has 1 atom stereocenters. The molecule has 0 saturated heterocycles. The quantitative estimate of drug-likeness (QED) is 0.868. The van der Waals surface area contributed by atoms with E-state index in [0.29, 0.717) is 17.7 Å². The first kappa shape index (κ1) is 19.6. The van der Waals surface area contributed by atoms with Crippen LogP contribution in [0.2, 0.25) is 0 Å². The molecule has 6 nitrogen and oxygen atoms in total. The molecular weight excluding hydrogens is 352 g/mol. The number of nitrogens with zero attached hydrogens (tertiary/aromatic N) is 3. The Balaban J connectivity index is 1.96. The van der Waals surface area contributed by atoms with Crippen LogP contribution in [0.5, 0.6) is 0 Å². The molecule has 28 heavy (non-hydrogen) atoms. The van der Waals surface area contributed by atoms with Crippen LogP contribution < -0.4 is 21.1 Å². The molecule has 1 aromatic carbocycles. The lowest BCUT2D eigenvalue weighted by atomic mass is 9.90. The van der Waals surface area contributed by atoms with Crippen molar-refractivity contribution in [3.63, 3.8) is 0 Å². The number of amides is 1. The third-order valence-corrected chi connectivity index (χ3v) is 4.83. The molecule has 0 unspecified atom stereocenters. The molecule has 1 aliphatic rings. The number of hydrogen-bond donors (Lipinski definition) is 1. The molecule has 2 heterocycles. The monoisotopic (exact) mass is 378 g/mol. The predicted octanol–water partition coefficient (Wildman–Crippen LogP) is 2.45. The zero-order valence-electron chi connectivity index (χ0n) is 16.8. The van der Waals surface area contributed by atoms with E-state index in [9.17, 15) is 4.79 Å². The molecule has 1 aliphatic heterocycles. The Morgan fingerprint density at radius 1 is 1.36 bits per heavy atom. The first-order chi connectivity index (χ1) is 13.4. The number of hydrogen-bond acceptors (Lipinski definition) is 5. The van der Waals surface area contributed by atoms with Gasteiger partial charge in [0.2, 0.25) is 11.8 Å². The van der Waals surface area contributed by atoms with Crippen LogP contribution in [0.3, 0.4) is 0 Å². The van der Waals surface area contributed by atoms with Crippen molar-refractivity contribution in [3.8, 4) is 11.5 Å². The highest BCUT2D eigenvalue weighted by molar-refractivity contribution is 6.10. The van der Waals surface area contributed by atoms with Crippen molar-refractivity contribution in [1.82, 2.24) is 10.4 Å². The number of hydrazone groups is 1. The maximum atomic E-state index is 11.6. The van der Waals surface area contributed by atoms with Gasteiger partial charge in [-0.1, -0.05) is 19.6 Å². The van der Waals surface area contributed by atoms with Crippen LogP contribution >= 0.6 is 0 Å². The van der Waals surface area contributed by atoms with Crippen LogP contribution in [0.25, 0.3) is 23.6 Å². The van der Waals surface area contributed by atoms with Gasteiger partial charge in [-0.3, -0.25) is 4.79 Å². The highest BCUT2D eigenvalue weighted by Gasteiger charge is 2.24. The van der Waals surface area contributed by atoms with Crippen molar-refractivity contribution in [2.75, 3.05) is 19.0 Å². The second kappa shape index (κ2) is 8.25. The summed E-state index contributed by atoms with van der Waals surface area (Å²) in [7, 11) is 4.01. The Morgan fingerprint density at radius 3 is 2.68 bits per heavy atom. The number of carbonyl (C=O) groups excluding carboxylic acids is 1. The van der Waals surface area contributed by atoms with Gasteiger partial charge in [-0.2, -0.15) is 5.10 Å². The van der Waals surface area contributed by atoms with Gasteiger partial charge in [0.05, 0.1) is 5.71 Å². The Hall–Kier alpha value is -3.15. The minimum absolute atomic E-state index is 0.0610. The highest BCUT2D eigenvalue weighted by Crippen LogP contribution is 2.21. The molecule has 1 N–H and O–H groups in total. The number of allylic oxidation sites excluding steroid dienone is 1. The lowest BCUT2D eigenvalue weighted by molar-refractivity contribution is -0.122. The van der Waals surface area contributed by atoms with Crippen molar-refractivity contribution in [2.45, 2.75) is 26.7 Å². The highest BCUT2D eigenvalue weighted by atomic mass is 16.3. The van der Waals surface area contributed by atoms with Gasteiger partial charge in [0.1, 0.15) is 5.35 Å². The van der Waals surface area contributed by atoms with E-state index in [4.69, 9.17) is 4.42 Å². The van der Waals surface area contributed by atoms with Gasteiger partial charge in [0, 0.05) is 37.7 Å². The Labute approximate surface area is 165 Å². The second-order valence-corrected chi connectivity index (χ2v) is 7.01. The summed E-state index contributed by atoms with van der Waals surface area (Å²) in [5.41, 5.74) is 6.71. The maximum absolute atomic E-state index is 11.6. The van der Waals surface area contributed by atoms with E-state index >= 15 is 0 Å². The van der Waals surface area contributed by atoms with E-state index in [1.54, 1.807) is 0 Å². The molecule has 0 bridgehead atoms.